The van der Waals surface area contributed by atoms with Crippen molar-refractivity contribution in [3.05, 3.63) is 82.7 Å². The molecular formula is C39H54O4. The maximum absolute atomic E-state index is 15.3. The highest BCUT2D eigenvalue weighted by molar-refractivity contribution is 6.36. The molecule has 2 fully saturated rings. The van der Waals surface area contributed by atoms with Crippen LogP contribution >= 0.6 is 0 Å². The molecule has 234 valence electrons. The normalized spacial score (nSPS) is 29.4. The van der Waals surface area contributed by atoms with Gasteiger partial charge in [0.25, 0.3) is 0 Å². The molecule has 0 heterocycles. The summed E-state index contributed by atoms with van der Waals surface area (Å²) in [5.41, 5.74) is -0.285. The van der Waals surface area contributed by atoms with Crippen LogP contribution in [-0.4, -0.2) is 22.5 Å². The Morgan fingerprint density at radius 1 is 1.00 bits per heavy atom. The Hall–Kier alpha value is -3.01. The van der Waals surface area contributed by atoms with Gasteiger partial charge in [-0.1, -0.05) is 101 Å². The molecule has 0 aromatic heterocycles. The molecule has 0 spiro atoms. The second-order valence-corrected chi connectivity index (χ2v) is 15.1. The van der Waals surface area contributed by atoms with Crippen LogP contribution in [0, 0.1) is 33.5 Å². The number of allylic oxidation sites excluding steroid dienone is 7. The highest BCUT2D eigenvalue weighted by Crippen LogP contribution is 2.67. The van der Waals surface area contributed by atoms with Gasteiger partial charge in [-0.15, -0.1) is 0 Å². The minimum atomic E-state index is -1.93. The minimum Gasteiger partial charge on any atom is -0.511 e. The Bertz CT molecular complexity index is 1380. The molecule has 4 rings (SSSR count). The first-order valence-electron chi connectivity index (χ1n) is 15.6. The monoisotopic (exact) mass is 586 g/mol. The fourth-order valence-corrected chi connectivity index (χ4v) is 8.06. The van der Waals surface area contributed by atoms with E-state index in [1.807, 2.05) is 53.7 Å². The van der Waals surface area contributed by atoms with Gasteiger partial charge >= 0.3 is 0 Å². The summed E-state index contributed by atoms with van der Waals surface area (Å²) in [4.78, 5) is 45.0. The van der Waals surface area contributed by atoms with Gasteiger partial charge in [0.15, 0.2) is 22.8 Å². The number of rotatable bonds is 8. The number of hydrogen-bond acceptors (Lipinski definition) is 4. The van der Waals surface area contributed by atoms with Crippen molar-refractivity contribution in [2.75, 3.05) is 0 Å². The predicted molar refractivity (Wildman–Crippen MR) is 177 cm³/mol. The quantitative estimate of drug-likeness (QED) is 0.187. The van der Waals surface area contributed by atoms with Gasteiger partial charge in [0.2, 0.25) is 0 Å². The molecule has 0 radical (unpaired) electrons. The van der Waals surface area contributed by atoms with Gasteiger partial charge in [-0.25, -0.2) is 0 Å². The smallest absolute Gasteiger partial charge is 0.184 e. The van der Waals surface area contributed by atoms with Gasteiger partial charge in [0.1, 0.15) is 5.76 Å². The fraction of sp³-hybridized carbons (Fsp3) is 0.564. The number of aliphatic hydroxyl groups excluding tert-OH is 1. The van der Waals surface area contributed by atoms with Crippen molar-refractivity contribution in [2.24, 2.45) is 33.5 Å². The number of fused-ring (bicyclic) bond motifs is 2. The van der Waals surface area contributed by atoms with Crippen molar-refractivity contribution in [3.8, 4) is 0 Å². The number of ketones is 3. The third-order valence-electron chi connectivity index (χ3n) is 10.7. The molecule has 4 nitrogen and oxygen atoms in total. The van der Waals surface area contributed by atoms with Crippen molar-refractivity contribution in [2.45, 2.75) is 108 Å². The lowest BCUT2D eigenvalue weighted by Crippen LogP contribution is -2.70. The largest absolute Gasteiger partial charge is 0.511 e. The number of carbonyl (C=O) groups excluding carboxylic acids is 3. The van der Waals surface area contributed by atoms with Gasteiger partial charge in [-0.3, -0.25) is 14.4 Å². The summed E-state index contributed by atoms with van der Waals surface area (Å²) >= 11 is 0. The molecule has 43 heavy (non-hydrogen) atoms. The molecule has 1 aromatic rings. The SMILES string of the molecule is C.C=C1CC(C)(C)CCC1CC12CC(CC=C(C)C)C(C)(C)C(C(=O)c3ccccc3)(C(=O)C(CC=C(C)C)=C1O)C2=O. The van der Waals surface area contributed by atoms with Gasteiger partial charge in [-0.05, 0) is 95.3 Å². The number of carbonyl (C=O) groups is 3. The third kappa shape index (κ3) is 5.67. The van der Waals surface area contributed by atoms with Crippen molar-refractivity contribution in [1.82, 2.24) is 0 Å². The predicted octanol–water partition coefficient (Wildman–Crippen LogP) is 9.97. The van der Waals surface area contributed by atoms with Crippen LogP contribution in [0.3, 0.4) is 0 Å². The lowest BCUT2D eigenvalue weighted by atomic mass is 9.38. The lowest BCUT2D eigenvalue weighted by Gasteiger charge is -2.60. The van der Waals surface area contributed by atoms with E-state index in [1.165, 1.54) is 0 Å². The van der Waals surface area contributed by atoms with E-state index in [0.29, 0.717) is 24.8 Å². The van der Waals surface area contributed by atoms with Gasteiger partial charge in [0, 0.05) is 11.1 Å². The standard InChI is InChI=1S/C38H50O4.CH4/c1-24(2)15-17-29-23-37(22-28-19-20-35(6,7)21-26(28)5)32(40)30(18-16-25(3)4)33(41)38(34(37)42,36(29,8)9)31(39)27-13-11-10-12-14-27;/h10-16,28-29,40H,5,17-23H2,1-4,6-9H3;1H4. The number of Topliss-reactive ketones (excluding diaryl/α,β-unsaturated/α-hetero) is 3. The van der Waals surface area contributed by atoms with E-state index in [0.717, 1.165) is 36.0 Å². The molecule has 0 saturated heterocycles. The molecule has 1 N–H and O–H groups in total. The van der Waals surface area contributed by atoms with E-state index in [9.17, 15) is 14.7 Å². The Kier molecular flexibility index (Phi) is 9.76. The summed E-state index contributed by atoms with van der Waals surface area (Å²) in [6.45, 7) is 20.8. The summed E-state index contributed by atoms with van der Waals surface area (Å²) in [7, 11) is 0. The van der Waals surface area contributed by atoms with E-state index in [4.69, 9.17) is 0 Å². The summed E-state index contributed by atoms with van der Waals surface area (Å²) < 4.78 is 0. The van der Waals surface area contributed by atoms with E-state index in [1.54, 1.807) is 24.3 Å². The van der Waals surface area contributed by atoms with E-state index >= 15 is 4.79 Å². The van der Waals surface area contributed by atoms with Crippen LogP contribution in [0.15, 0.2) is 77.1 Å². The first-order valence-corrected chi connectivity index (χ1v) is 15.6. The Balaban J connectivity index is 0.00000506. The van der Waals surface area contributed by atoms with Crippen LogP contribution in [0.4, 0.5) is 0 Å². The molecular weight excluding hydrogens is 532 g/mol. The van der Waals surface area contributed by atoms with Gasteiger partial charge in [-0.2, -0.15) is 0 Å². The topological polar surface area (TPSA) is 71.4 Å². The zero-order valence-electron chi connectivity index (χ0n) is 27.0. The third-order valence-corrected chi connectivity index (χ3v) is 10.7. The molecule has 2 saturated carbocycles. The first kappa shape index (κ1) is 34.5. The number of hydrogen-bond donors (Lipinski definition) is 1. The van der Waals surface area contributed by atoms with Crippen LogP contribution < -0.4 is 0 Å². The van der Waals surface area contributed by atoms with E-state index in [-0.39, 0.29) is 42.4 Å². The summed E-state index contributed by atoms with van der Waals surface area (Å²) in [6, 6.07) is 8.78. The van der Waals surface area contributed by atoms with Crippen molar-refractivity contribution >= 4 is 17.3 Å². The average Bonchev–Trinajstić information content (AvgIpc) is 2.90. The molecule has 3 aliphatic carbocycles. The molecule has 3 aliphatic rings. The van der Waals surface area contributed by atoms with Crippen molar-refractivity contribution < 1.29 is 19.5 Å². The highest BCUT2D eigenvalue weighted by Gasteiger charge is 2.75. The van der Waals surface area contributed by atoms with Crippen LogP contribution in [0.2, 0.25) is 0 Å². The Labute approximate surface area is 260 Å². The van der Waals surface area contributed by atoms with Crippen LogP contribution in [0.1, 0.15) is 118 Å². The zero-order chi connectivity index (χ0) is 31.3. The molecule has 4 atom stereocenters. The van der Waals surface area contributed by atoms with Crippen LogP contribution in [0.5, 0.6) is 0 Å². The zero-order valence-corrected chi connectivity index (χ0v) is 27.0. The first-order chi connectivity index (χ1) is 19.5. The molecule has 0 aliphatic heterocycles. The molecule has 4 heteroatoms. The maximum Gasteiger partial charge on any atom is 0.184 e. The average molecular weight is 587 g/mol. The lowest BCUT2D eigenvalue weighted by molar-refractivity contribution is -0.166. The van der Waals surface area contributed by atoms with Gasteiger partial charge in [0.05, 0.1) is 5.41 Å². The van der Waals surface area contributed by atoms with Crippen molar-refractivity contribution in [3.63, 3.8) is 0 Å². The fourth-order valence-electron chi connectivity index (χ4n) is 8.06. The minimum absolute atomic E-state index is 0. The second-order valence-electron chi connectivity index (χ2n) is 15.1. The molecule has 2 bridgehead atoms. The van der Waals surface area contributed by atoms with E-state index in [2.05, 4.69) is 26.5 Å². The summed E-state index contributed by atoms with van der Waals surface area (Å²) in [5, 5.41) is 12.2. The highest BCUT2D eigenvalue weighted by atomic mass is 16.3. The number of benzene rings is 1. The molecule has 4 unspecified atom stereocenters. The Morgan fingerprint density at radius 3 is 2.16 bits per heavy atom. The van der Waals surface area contributed by atoms with E-state index < -0.39 is 33.6 Å². The second kappa shape index (κ2) is 12.2. The molecule has 1 aromatic carbocycles. The van der Waals surface area contributed by atoms with Gasteiger partial charge < -0.3 is 5.11 Å². The maximum atomic E-state index is 15.3. The summed E-state index contributed by atoms with van der Waals surface area (Å²) in [5.74, 6) is -1.65. The Morgan fingerprint density at radius 2 is 1.60 bits per heavy atom. The number of aliphatic hydroxyl groups is 1. The van der Waals surface area contributed by atoms with Crippen LogP contribution in [-0.2, 0) is 9.59 Å². The molecule has 0 amide bonds. The van der Waals surface area contributed by atoms with Crippen molar-refractivity contribution in [1.29, 1.82) is 0 Å². The van der Waals surface area contributed by atoms with Crippen LogP contribution in [0.25, 0.3) is 0 Å². The summed E-state index contributed by atoms with van der Waals surface area (Å²) in [6.07, 6.45) is 8.37.